The van der Waals surface area contributed by atoms with E-state index in [4.69, 9.17) is 4.74 Å². The van der Waals surface area contributed by atoms with Crippen LogP contribution in [-0.4, -0.2) is 21.3 Å². The molecule has 2 rings (SSSR count). The Morgan fingerprint density at radius 3 is 3.00 bits per heavy atom. The lowest BCUT2D eigenvalue weighted by atomic mass is 10.1. The Bertz CT molecular complexity index is 498. The molecule has 0 aliphatic heterocycles. The fraction of sp³-hybridized carbons (Fsp3) is 0.308. The van der Waals surface area contributed by atoms with E-state index in [9.17, 15) is 9.50 Å². The van der Waals surface area contributed by atoms with Crippen molar-refractivity contribution in [3.8, 4) is 5.75 Å². The first kappa shape index (κ1) is 12.6. The van der Waals surface area contributed by atoms with Crippen molar-refractivity contribution in [3.63, 3.8) is 0 Å². The highest BCUT2D eigenvalue weighted by molar-refractivity contribution is 5.35. The monoisotopic (exact) mass is 250 g/mol. The van der Waals surface area contributed by atoms with Crippen LogP contribution in [0.1, 0.15) is 18.6 Å². The third kappa shape index (κ3) is 3.07. The number of aromatic nitrogens is 2. The van der Waals surface area contributed by atoms with Gasteiger partial charge in [0, 0.05) is 18.0 Å². The molecule has 18 heavy (non-hydrogen) atoms. The summed E-state index contributed by atoms with van der Waals surface area (Å²) in [6.07, 6.45) is 4.47. The van der Waals surface area contributed by atoms with E-state index in [0.717, 1.165) is 0 Å². The van der Waals surface area contributed by atoms with Gasteiger partial charge in [-0.25, -0.2) is 9.37 Å². The summed E-state index contributed by atoms with van der Waals surface area (Å²) in [5, 5.41) is 9.55. The Labute approximate surface area is 105 Å². The van der Waals surface area contributed by atoms with Gasteiger partial charge in [0.2, 0.25) is 0 Å². The van der Waals surface area contributed by atoms with Gasteiger partial charge < -0.3 is 14.4 Å². The minimum absolute atomic E-state index is 0.382. The van der Waals surface area contributed by atoms with Gasteiger partial charge >= 0.3 is 0 Å². The predicted molar refractivity (Wildman–Crippen MR) is 64.8 cm³/mol. The highest BCUT2D eigenvalue weighted by Gasteiger charge is 2.10. The molecule has 1 aromatic carbocycles. The highest BCUT2D eigenvalue weighted by atomic mass is 19.1. The molecule has 2 aromatic rings. The molecular weight excluding hydrogens is 235 g/mol. The topological polar surface area (TPSA) is 47.3 Å². The van der Waals surface area contributed by atoms with Crippen molar-refractivity contribution in [3.05, 3.63) is 48.3 Å². The van der Waals surface area contributed by atoms with Crippen molar-refractivity contribution < 1.29 is 14.2 Å². The van der Waals surface area contributed by atoms with Gasteiger partial charge in [-0.05, 0) is 25.1 Å². The number of aliphatic hydroxyl groups excluding tert-OH is 1. The Morgan fingerprint density at radius 2 is 2.33 bits per heavy atom. The van der Waals surface area contributed by atoms with Gasteiger partial charge in [0.15, 0.2) is 0 Å². The molecule has 4 nitrogen and oxygen atoms in total. The summed E-state index contributed by atoms with van der Waals surface area (Å²) < 4.78 is 20.5. The molecule has 1 N–H and O–H groups in total. The first-order chi connectivity index (χ1) is 8.66. The number of ether oxygens (including phenoxy) is 1. The van der Waals surface area contributed by atoms with E-state index in [2.05, 4.69) is 4.98 Å². The van der Waals surface area contributed by atoms with Crippen LogP contribution in [0.4, 0.5) is 4.39 Å². The SMILES string of the molecule is C[C@@H](O)c1cc(F)ccc1OCCn1ccnc1. The van der Waals surface area contributed by atoms with E-state index in [1.807, 2.05) is 10.8 Å². The van der Waals surface area contributed by atoms with E-state index < -0.39 is 6.10 Å². The molecule has 0 amide bonds. The van der Waals surface area contributed by atoms with Gasteiger partial charge in [-0.2, -0.15) is 0 Å². The predicted octanol–water partition coefficient (Wildman–Crippen LogP) is 2.15. The van der Waals surface area contributed by atoms with Crippen molar-refractivity contribution >= 4 is 0 Å². The molecule has 0 bridgehead atoms. The van der Waals surface area contributed by atoms with Crippen LogP contribution in [0.25, 0.3) is 0 Å². The molecule has 0 aliphatic carbocycles. The van der Waals surface area contributed by atoms with Crippen molar-refractivity contribution in [1.29, 1.82) is 0 Å². The number of aliphatic hydroxyl groups is 1. The Balaban J connectivity index is 2.00. The molecule has 0 unspecified atom stereocenters. The third-order valence-electron chi connectivity index (χ3n) is 2.59. The summed E-state index contributed by atoms with van der Waals surface area (Å²) in [6.45, 7) is 2.66. The van der Waals surface area contributed by atoms with Crippen LogP contribution in [-0.2, 0) is 6.54 Å². The number of halogens is 1. The second kappa shape index (κ2) is 5.64. The number of rotatable bonds is 5. The van der Waals surface area contributed by atoms with Crippen molar-refractivity contribution in [2.45, 2.75) is 19.6 Å². The molecular formula is C13H15FN2O2. The Hall–Kier alpha value is -1.88. The Morgan fingerprint density at radius 1 is 1.50 bits per heavy atom. The molecule has 96 valence electrons. The van der Waals surface area contributed by atoms with Crippen molar-refractivity contribution in [2.24, 2.45) is 0 Å². The second-order valence-corrected chi connectivity index (χ2v) is 4.01. The van der Waals surface area contributed by atoms with E-state index in [1.165, 1.54) is 18.2 Å². The van der Waals surface area contributed by atoms with Gasteiger partial charge in [0.25, 0.3) is 0 Å². The second-order valence-electron chi connectivity index (χ2n) is 4.01. The quantitative estimate of drug-likeness (QED) is 0.884. The smallest absolute Gasteiger partial charge is 0.125 e. The summed E-state index contributed by atoms with van der Waals surface area (Å²) in [6, 6.07) is 4.14. The van der Waals surface area contributed by atoms with Crippen LogP contribution in [0.3, 0.4) is 0 Å². The molecule has 0 spiro atoms. The molecule has 1 heterocycles. The van der Waals surface area contributed by atoms with Crippen LogP contribution in [0, 0.1) is 5.82 Å². The Kier molecular flexibility index (Phi) is 3.94. The van der Waals surface area contributed by atoms with E-state index in [0.29, 0.717) is 24.5 Å². The number of nitrogens with zero attached hydrogens (tertiary/aromatic N) is 2. The summed E-state index contributed by atoms with van der Waals surface area (Å²) in [5.74, 6) is 0.124. The minimum atomic E-state index is -0.760. The lowest BCUT2D eigenvalue weighted by molar-refractivity contribution is 0.189. The molecule has 1 aromatic heterocycles. The molecule has 0 aliphatic rings. The van der Waals surface area contributed by atoms with Crippen molar-refractivity contribution in [2.75, 3.05) is 6.61 Å². The summed E-state index contributed by atoms with van der Waals surface area (Å²) in [5.41, 5.74) is 0.459. The lowest BCUT2D eigenvalue weighted by Crippen LogP contribution is -2.08. The van der Waals surface area contributed by atoms with Crippen molar-refractivity contribution in [1.82, 2.24) is 9.55 Å². The van der Waals surface area contributed by atoms with E-state index >= 15 is 0 Å². The maximum Gasteiger partial charge on any atom is 0.125 e. The normalized spacial score (nSPS) is 12.4. The van der Waals surface area contributed by atoms with Crippen LogP contribution >= 0.6 is 0 Å². The number of imidazole rings is 1. The number of benzene rings is 1. The molecule has 0 radical (unpaired) electrons. The molecule has 0 saturated carbocycles. The van der Waals surface area contributed by atoms with E-state index in [-0.39, 0.29) is 5.82 Å². The zero-order chi connectivity index (χ0) is 13.0. The molecule has 0 saturated heterocycles. The lowest BCUT2D eigenvalue weighted by Gasteiger charge is -2.13. The molecule has 0 fully saturated rings. The van der Waals surface area contributed by atoms with Gasteiger partial charge in [-0.3, -0.25) is 0 Å². The zero-order valence-corrected chi connectivity index (χ0v) is 10.1. The molecule has 1 atom stereocenters. The average molecular weight is 250 g/mol. The largest absolute Gasteiger partial charge is 0.491 e. The van der Waals surface area contributed by atoms with E-state index in [1.54, 1.807) is 19.4 Å². The first-order valence-electron chi connectivity index (χ1n) is 5.73. The van der Waals surface area contributed by atoms with Gasteiger partial charge in [0.05, 0.1) is 19.0 Å². The van der Waals surface area contributed by atoms with Gasteiger partial charge in [-0.1, -0.05) is 0 Å². The fourth-order valence-corrected chi connectivity index (χ4v) is 1.66. The number of hydrogen-bond donors (Lipinski definition) is 1. The summed E-state index contributed by atoms with van der Waals surface area (Å²) in [7, 11) is 0. The summed E-state index contributed by atoms with van der Waals surface area (Å²) in [4.78, 5) is 3.92. The standard InChI is InChI=1S/C13H15FN2O2/c1-10(17)12-8-11(14)2-3-13(12)18-7-6-16-5-4-15-9-16/h2-5,8-10,17H,6-7H2,1H3/t10-/m1/s1. The first-order valence-corrected chi connectivity index (χ1v) is 5.73. The van der Waals surface area contributed by atoms with Crippen LogP contribution < -0.4 is 4.74 Å². The van der Waals surface area contributed by atoms with Crippen LogP contribution in [0.2, 0.25) is 0 Å². The summed E-state index contributed by atoms with van der Waals surface area (Å²) >= 11 is 0. The zero-order valence-electron chi connectivity index (χ0n) is 10.1. The third-order valence-corrected chi connectivity index (χ3v) is 2.59. The highest BCUT2D eigenvalue weighted by Crippen LogP contribution is 2.25. The van der Waals surface area contributed by atoms with Crippen LogP contribution in [0.5, 0.6) is 5.75 Å². The number of hydrogen-bond acceptors (Lipinski definition) is 3. The van der Waals surface area contributed by atoms with Crippen LogP contribution in [0.15, 0.2) is 36.9 Å². The van der Waals surface area contributed by atoms with Gasteiger partial charge in [0.1, 0.15) is 18.2 Å². The maximum absolute atomic E-state index is 13.1. The fourth-order valence-electron chi connectivity index (χ4n) is 1.66. The molecule has 5 heteroatoms. The maximum atomic E-state index is 13.1. The minimum Gasteiger partial charge on any atom is -0.491 e. The average Bonchev–Trinajstić information content (AvgIpc) is 2.84. The van der Waals surface area contributed by atoms with Gasteiger partial charge in [-0.15, -0.1) is 0 Å².